The van der Waals surface area contributed by atoms with Gasteiger partial charge in [-0.25, -0.2) is 9.37 Å². The van der Waals surface area contributed by atoms with E-state index >= 15 is 0 Å². The van der Waals surface area contributed by atoms with Gasteiger partial charge in [0, 0.05) is 18.0 Å². The molecule has 1 unspecified atom stereocenters. The Morgan fingerprint density at radius 2 is 2.18 bits per heavy atom. The summed E-state index contributed by atoms with van der Waals surface area (Å²) < 4.78 is 13.5. The first-order chi connectivity index (χ1) is 8.09. The molecule has 2 heterocycles. The number of aryl methyl sites for hydroxylation is 1. The van der Waals surface area contributed by atoms with Gasteiger partial charge in [0.15, 0.2) is 0 Å². The Kier molecular flexibility index (Phi) is 3.01. The molecule has 0 saturated heterocycles. The number of anilines is 1. The molecule has 88 valence electrons. The first-order valence-corrected chi connectivity index (χ1v) is 5.10. The molecule has 4 nitrogen and oxygen atoms in total. The van der Waals surface area contributed by atoms with E-state index in [9.17, 15) is 9.50 Å². The SMILES string of the molecule is Cc1cnc(N)c(C(O)c2ncccc2F)c1. The number of hydrogen-bond acceptors (Lipinski definition) is 4. The van der Waals surface area contributed by atoms with Crippen LogP contribution in [0.25, 0.3) is 0 Å². The fraction of sp³-hybridized carbons (Fsp3) is 0.167. The van der Waals surface area contributed by atoms with Gasteiger partial charge in [-0.1, -0.05) is 0 Å². The molecule has 0 spiro atoms. The van der Waals surface area contributed by atoms with E-state index in [2.05, 4.69) is 9.97 Å². The Morgan fingerprint density at radius 1 is 1.41 bits per heavy atom. The molecule has 2 aromatic rings. The Hall–Kier alpha value is -2.01. The van der Waals surface area contributed by atoms with Crippen LogP contribution in [0.15, 0.2) is 30.6 Å². The monoisotopic (exact) mass is 233 g/mol. The molecule has 0 bridgehead atoms. The van der Waals surface area contributed by atoms with Gasteiger partial charge in [-0.05, 0) is 30.7 Å². The van der Waals surface area contributed by atoms with Crippen molar-refractivity contribution in [3.8, 4) is 0 Å². The molecule has 2 rings (SSSR count). The van der Waals surface area contributed by atoms with Crippen molar-refractivity contribution in [2.24, 2.45) is 0 Å². The third-order valence-electron chi connectivity index (χ3n) is 2.43. The number of nitrogens with two attached hydrogens (primary N) is 1. The lowest BCUT2D eigenvalue weighted by atomic mass is 10.1. The van der Waals surface area contributed by atoms with Crippen LogP contribution in [-0.4, -0.2) is 15.1 Å². The number of aromatic nitrogens is 2. The molecule has 0 fully saturated rings. The average Bonchev–Trinajstić information content (AvgIpc) is 2.32. The molecular formula is C12H12FN3O. The normalized spacial score (nSPS) is 12.4. The number of halogens is 1. The van der Waals surface area contributed by atoms with E-state index < -0.39 is 11.9 Å². The molecule has 17 heavy (non-hydrogen) atoms. The van der Waals surface area contributed by atoms with E-state index in [4.69, 9.17) is 5.73 Å². The zero-order valence-corrected chi connectivity index (χ0v) is 9.26. The number of rotatable bonds is 2. The molecule has 3 N–H and O–H groups in total. The van der Waals surface area contributed by atoms with Crippen molar-refractivity contribution in [1.29, 1.82) is 0 Å². The van der Waals surface area contributed by atoms with E-state index in [0.29, 0.717) is 5.56 Å². The zero-order chi connectivity index (χ0) is 12.4. The van der Waals surface area contributed by atoms with Crippen LogP contribution < -0.4 is 5.73 Å². The Balaban J connectivity index is 2.47. The minimum absolute atomic E-state index is 0.0494. The molecule has 0 radical (unpaired) electrons. The van der Waals surface area contributed by atoms with E-state index in [1.165, 1.54) is 18.3 Å². The molecule has 0 aromatic carbocycles. The topological polar surface area (TPSA) is 72.0 Å². The van der Waals surface area contributed by atoms with E-state index in [1.807, 2.05) is 6.92 Å². The van der Waals surface area contributed by atoms with Gasteiger partial charge in [-0.2, -0.15) is 0 Å². The molecule has 0 aliphatic heterocycles. The summed E-state index contributed by atoms with van der Waals surface area (Å²) in [6.45, 7) is 1.82. The molecule has 1 atom stereocenters. The fourth-order valence-corrected chi connectivity index (χ4v) is 1.57. The van der Waals surface area contributed by atoms with Gasteiger partial charge in [0.05, 0.1) is 0 Å². The minimum atomic E-state index is -1.20. The van der Waals surface area contributed by atoms with Gasteiger partial charge >= 0.3 is 0 Å². The van der Waals surface area contributed by atoms with Crippen molar-refractivity contribution >= 4 is 5.82 Å². The van der Waals surface area contributed by atoms with Crippen molar-refractivity contribution in [3.05, 3.63) is 53.2 Å². The van der Waals surface area contributed by atoms with E-state index in [0.717, 1.165) is 5.56 Å². The zero-order valence-electron chi connectivity index (χ0n) is 9.26. The van der Waals surface area contributed by atoms with Crippen molar-refractivity contribution in [2.45, 2.75) is 13.0 Å². The summed E-state index contributed by atoms with van der Waals surface area (Å²) in [4.78, 5) is 7.74. The molecule has 0 amide bonds. The highest BCUT2D eigenvalue weighted by molar-refractivity contribution is 5.45. The standard InChI is InChI=1S/C12H12FN3O/c1-7-5-8(12(14)16-6-7)11(17)10-9(13)3-2-4-15-10/h2-6,11,17H,1H3,(H2,14,16). The maximum atomic E-state index is 13.5. The molecule has 2 aromatic heterocycles. The highest BCUT2D eigenvalue weighted by Gasteiger charge is 2.19. The predicted molar refractivity (Wildman–Crippen MR) is 61.6 cm³/mol. The summed E-state index contributed by atoms with van der Waals surface area (Å²) >= 11 is 0. The van der Waals surface area contributed by atoms with Crippen molar-refractivity contribution < 1.29 is 9.50 Å². The van der Waals surface area contributed by atoms with E-state index in [-0.39, 0.29) is 11.5 Å². The van der Waals surface area contributed by atoms with Gasteiger partial charge in [0.2, 0.25) is 0 Å². The second kappa shape index (κ2) is 4.47. The molecule has 5 heteroatoms. The quantitative estimate of drug-likeness (QED) is 0.826. The summed E-state index contributed by atoms with van der Waals surface area (Å²) in [5.74, 6) is -0.394. The number of aliphatic hydroxyl groups excluding tert-OH is 1. The van der Waals surface area contributed by atoms with Crippen molar-refractivity contribution in [1.82, 2.24) is 9.97 Å². The van der Waals surface area contributed by atoms with Gasteiger partial charge in [-0.3, -0.25) is 4.98 Å². The van der Waals surface area contributed by atoms with Gasteiger partial charge in [-0.15, -0.1) is 0 Å². The lowest BCUT2D eigenvalue weighted by Gasteiger charge is -2.13. The van der Waals surface area contributed by atoms with Crippen LogP contribution >= 0.6 is 0 Å². The second-order valence-electron chi connectivity index (χ2n) is 3.76. The highest BCUT2D eigenvalue weighted by Crippen LogP contribution is 2.26. The third-order valence-corrected chi connectivity index (χ3v) is 2.43. The average molecular weight is 233 g/mol. The van der Waals surface area contributed by atoms with Crippen LogP contribution in [0.3, 0.4) is 0 Å². The number of pyridine rings is 2. The summed E-state index contributed by atoms with van der Waals surface area (Å²) in [5.41, 5.74) is 6.81. The van der Waals surface area contributed by atoms with Crippen LogP contribution in [0.4, 0.5) is 10.2 Å². The predicted octanol–water partition coefficient (Wildman–Crippen LogP) is 1.59. The smallest absolute Gasteiger partial charge is 0.147 e. The van der Waals surface area contributed by atoms with E-state index in [1.54, 1.807) is 12.3 Å². The van der Waals surface area contributed by atoms with Gasteiger partial charge < -0.3 is 10.8 Å². The lowest BCUT2D eigenvalue weighted by molar-refractivity contribution is 0.209. The number of nitrogens with zero attached hydrogens (tertiary/aromatic N) is 2. The van der Waals surface area contributed by atoms with Crippen LogP contribution in [0.5, 0.6) is 0 Å². The highest BCUT2D eigenvalue weighted by atomic mass is 19.1. The maximum Gasteiger partial charge on any atom is 0.147 e. The summed E-state index contributed by atoms with van der Waals surface area (Å²) in [6, 6.07) is 4.37. The van der Waals surface area contributed by atoms with Crippen LogP contribution in [-0.2, 0) is 0 Å². The second-order valence-corrected chi connectivity index (χ2v) is 3.76. The molecular weight excluding hydrogens is 221 g/mol. The van der Waals surface area contributed by atoms with Crippen molar-refractivity contribution in [3.63, 3.8) is 0 Å². The first kappa shape index (κ1) is 11.5. The maximum absolute atomic E-state index is 13.5. The molecule has 0 aliphatic rings. The van der Waals surface area contributed by atoms with Crippen LogP contribution in [0.2, 0.25) is 0 Å². The molecule has 0 aliphatic carbocycles. The summed E-state index contributed by atoms with van der Waals surface area (Å²) in [6.07, 6.45) is 1.80. The fourth-order valence-electron chi connectivity index (χ4n) is 1.57. The van der Waals surface area contributed by atoms with Crippen LogP contribution in [0.1, 0.15) is 22.9 Å². The molecule has 0 saturated carbocycles. The number of nitrogen functional groups attached to an aromatic ring is 1. The van der Waals surface area contributed by atoms with Gasteiger partial charge in [0.1, 0.15) is 23.4 Å². The third kappa shape index (κ3) is 2.24. The van der Waals surface area contributed by atoms with Crippen molar-refractivity contribution in [2.75, 3.05) is 5.73 Å². The number of aliphatic hydroxyl groups is 1. The minimum Gasteiger partial charge on any atom is -0.383 e. The van der Waals surface area contributed by atoms with Gasteiger partial charge in [0.25, 0.3) is 0 Å². The largest absolute Gasteiger partial charge is 0.383 e. The summed E-state index contributed by atoms with van der Waals surface area (Å²) in [5, 5.41) is 10.1. The Bertz CT molecular complexity index is 545. The Morgan fingerprint density at radius 3 is 2.88 bits per heavy atom. The first-order valence-electron chi connectivity index (χ1n) is 5.10. The number of hydrogen-bond donors (Lipinski definition) is 2. The van der Waals surface area contributed by atoms with Crippen LogP contribution in [0, 0.1) is 12.7 Å². The lowest BCUT2D eigenvalue weighted by Crippen LogP contribution is -2.09. The Labute approximate surface area is 98.0 Å². The summed E-state index contributed by atoms with van der Waals surface area (Å²) in [7, 11) is 0.